The number of imidazole rings is 1. The quantitative estimate of drug-likeness (QED) is 0.524. The standard InChI is InChI=1S/C18H14F3N5O2S/c1-3-26-7-22-15-12(16(26)28)8(2)13(29-15)14(27)23-9-4-5-10-11(6-9)25-17(24-10)18(19,20)21/h4-7H,3H2,1-2H3,(H,23,27)(H,24,25). The Hall–Kier alpha value is -3.21. The van der Waals surface area contributed by atoms with E-state index in [1.807, 2.05) is 6.92 Å². The number of H-pyrrole nitrogens is 1. The van der Waals surface area contributed by atoms with E-state index in [1.165, 1.54) is 29.1 Å². The summed E-state index contributed by atoms with van der Waals surface area (Å²) >= 11 is 1.09. The molecule has 0 spiro atoms. The lowest BCUT2D eigenvalue weighted by molar-refractivity contribution is -0.144. The van der Waals surface area contributed by atoms with Gasteiger partial charge in [-0.2, -0.15) is 13.2 Å². The molecule has 1 aromatic carbocycles. The van der Waals surface area contributed by atoms with Crippen molar-refractivity contribution in [1.82, 2.24) is 19.5 Å². The number of anilines is 1. The van der Waals surface area contributed by atoms with E-state index < -0.39 is 17.9 Å². The Morgan fingerprint density at radius 2 is 2.10 bits per heavy atom. The smallest absolute Gasteiger partial charge is 0.334 e. The van der Waals surface area contributed by atoms with Crippen molar-refractivity contribution in [2.24, 2.45) is 0 Å². The zero-order chi connectivity index (χ0) is 20.9. The lowest BCUT2D eigenvalue weighted by Gasteiger charge is -2.04. The summed E-state index contributed by atoms with van der Waals surface area (Å²) in [6, 6.07) is 4.22. The number of rotatable bonds is 3. The van der Waals surface area contributed by atoms with Crippen molar-refractivity contribution in [3.63, 3.8) is 0 Å². The van der Waals surface area contributed by atoms with Crippen LogP contribution >= 0.6 is 11.3 Å². The molecule has 0 radical (unpaired) electrons. The number of carbonyl (C=O) groups is 1. The number of alkyl halides is 3. The highest BCUT2D eigenvalue weighted by Crippen LogP contribution is 2.30. The zero-order valence-electron chi connectivity index (χ0n) is 15.2. The maximum absolute atomic E-state index is 12.8. The average Bonchev–Trinajstić information content (AvgIpc) is 3.23. The van der Waals surface area contributed by atoms with E-state index in [2.05, 4.69) is 20.3 Å². The fraction of sp³-hybridized carbons (Fsp3) is 0.222. The molecule has 4 aromatic rings. The van der Waals surface area contributed by atoms with Crippen molar-refractivity contribution in [1.29, 1.82) is 0 Å². The zero-order valence-corrected chi connectivity index (χ0v) is 16.0. The van der Waals surface area contributed by atoms with Crippen LogP contribution in [0, 0.1) is 6.92 Å². The van der Waals surface area contributed by atoms with Crippen LogP contribution in [0.4, 0.5) is 18.9 Å². The number of nitrogens with zero attached hydrogens (tertiary/aromatic N) is 3. The Morgan fingerprint density at radius 1 is 1.34 bits per heavy atom. The number of benzene rings is 1. The lowest BCUT2D eigenvalue weighted by atomic mass is 10.2. The van der Waals surface area contributed by atoms with Gasteiger partial charge in [0.25, 0.3) is 11.5 Å². The number of thiophene rings is 1. The summed E-state index contributed by atoms with van der Waals surface area (Å²) in [5, 5.41) is 3.05. The van der Waals surface area contributed by atoms with Gasteiger partial charge in [-0.3, -0.25) is 14.2 Å². The van der Waals surface area contributed by atoms with Crippen LogP contribution in [0.1, 0.15) is 28.0 Å². The number of fused-ring (bicyclic) bond motifs is 2. The molecular formula is C18H14F3N5O2S. The van der Waals surface area contributed by atoms with Crippen LogP contribution in [0.2, 0.25) is 0 Å². The Labute approximate surface area is 165 Å². The number of nitrogens with one attached hydrogen (secondary N) is 2. The molecule has 29 heavy (non-hydrogen) atoms. The van der Waals surface area contributed by atoms with Gasteiger partial charge in [-0.25, -0.2) is 9.97 Å². The first-order chi connectivity index (χ1) is 13.7. The molecular weight excluding hydrogens is 407 g/mol. The SMILES string of the molecule is CCn1cnc2sc(C(=O)Nc3ccc4nc(C(F)(F)F)[nH]c4c3)c(C)c2c1=O. The summed E-state index contributed by atoms with van der Waals surface area (Å²) < 4.78 is 39.8. The second kappa shape index (κ2) is 6.69. The molecule has 2 N–H and O–H groups in total. The van der Waals surface area contributed by atoms with Crippen LogP contribution in [-0.2, 0) is 12.7 Å². The number of halogens is 3. The molecule has 0 saturated heterocycles. The molecule has 0 fully saturated rings. The summed E-state index contributed by atoms with van der Waals surface area (Å²) in [5.41, 5.74) is 0.887. The molecule has 0 aliphatic heterocycles. The predicted molar refractivity (Wildman–Crippen MR) is 103 cm³/mol. The van der Waals surface area contributed by atoms with Crippen molar-refractivity contribution in [3.05, 3.63) is 51.1 Å². The minimum absolute atomic E-state index is 0.137. The molecule has 7 nitrogen and oxygen atoms in total. The topological polar surface area (TPSA) is 92.7 Å². The van der Waals surface area contributed by atoms with Gasteiger partial charge in [0, 0.05) is 12.2 Å². The third kappa shape index (κ3) is 3.27. The summed E-state index contributed by atoms with van der Waals surface area (Å²) in [4.78, 5) is 35.9. The van der Waals surface area contributed by atoms with Gasteiger partial charge in [-0.1, -0.05) is 0 Å². The minimum Gasteiger partial charge on any atom is -0.334 e. The Morgan fingerprint density at radius 3 is 2.79 bits per heavy atom. The highest BCUT2D eigenvalue weighted by atomic mass is 32.1. The first kappa shape index (κ1) is 19.1. The number of amides is 1. The van der Waals surface area contributed by atoms with Crippen molar-refractivity contribution in [2.75, 3.05) is 5.32 Å². The fourth-order valence-electron chi connectivity index (χ4n) is 3.01. The first-order valence-electron chi connectivity index (χ1n) is 8.56. The van der Waals surface area contributed by atoms with Crippen LogP contribution in [0.3, 0.4) is 0 Å². The van der Waals surface area contributed by atoms with E-state index >= 15 is 0 Å². The summed E-state index contributed by atoms with van der Waals surface area (Å²) in [6.45, 7) is 3.95. The van der Waals surface area contributed by atoms with Gasteiger partial charge in [-0.15, -0.1) is 11.3 Å². The molecule has 0 bridgehead atoms. The van der Waals surface area contributed by atoms with E-state index in [4.69, 9.17) is 0 Å². The van der Waals surface area contributed by atoms with E-state index in [9.17, 15) is 22.8 Å². The number of hydrogen-bond donors (Lipinski definition) is 2. The molecule has 0 unspecified atom stereocenters. The molecule has 0 aliphatic rings. The molecule has 1 amide bonds. The van der Waals surface area contributed by atoms with Crippen molar-refractivity contribution in [3.8, 4) is 0 Å². The van der Waals surface area contributed by atoms with E-state index in [1.54, 1.807) is 6.92 Å². The average molecular weight is 421 g/mol. The summed E-state index contributed by atoms with van der Waals surface area (Å²) in [6.07, 6.45) is -3.15. The highest BCUT2D eigenvalue weighted by molar-refractivity contribution is 7.20. The van der Waals surface area contributed by atoms with Gasteiger partial charge < -0.3 is 10.3 Å². The molecule has 0 atom stereocenters. The van der Waals surface area contributed by atoms with Gasteiger partial charge >= 0.3 is 6.18 Å². The maximum atomic E-state index is 12.8. The second-order valence-corrected chi connectivity index (χ2v) is 7.34. The Bertz CT molecular complexity index is 1320. The molecule has 0 saturated carbocycles. The Kier molecular flexibility index (Phi) is 4.41. The van der Waals surface area contributed by atoms with E-state index in [-0.39, 0.29) is 16.6 Å². The van der Waals surface area contributed by atoms with Gasteiger partial charge in [0.05, 0.1) is 27.6 Å². The summed E-state index contributed by atoms with van der Waals surface area (Å²) in [5.74, 6) is -1.57. The number of aryl methyl sites for hydroxylation is 2. The number of aromatic amines is 1. The van der Waals surface area contributed by atoms with Crippen LogP contribution in [0.15, 0.2) is 29.3 Å². The summed E-state index contributed by atoms with van der Waals surface area (Å²) in [7, 11) is 0. The fourth-order valence-corrected chi connectivity index (χ4v) is 4.05. The normalized spacial score (nSPS) is 12.0. The maximum Gasteiger partial charge on any atom is 0.449 e. The molecule has 0 aliphatic carbocycles. The second-order valence-electron chi connectivity index (χ2n) is 6.34. The van der Waals surface area contributed by atoms with Crippen LogP contribution in [0.25, 0.3) is 21.3 Å². The van der Waals surface area contributed by atoms with Gasteiger partial charge in [0.15, 0.2) is 0 Å². The van der Waals surface area contributed by atoms with E-state index in [0.717, 1.165) is 11.3 Å². The number of carbonyl (C=O) groups excluding carboxylic acids is 1. The predicted octanol–water partition coefficient (Wildman–Crippen LogP) is 3.93. The highest BCUT2D eigenvalue weighted by Gasteiger charge is 2.34. The van der Waals surface area contributed by atoms with Crippen molar-refractivity contribution >= 4 is 44.2 Å². The molecule has 3 heterocycles. The van der Waals surface area contributed by atoms with Gasteiger partial charge in [0.1, 0.15) is 4.83 Å². The largest absolute Gasteiger partial charge is 0.449 e. The third-order valence-electron chi connectivity index (χ3n) is 4.47. The van der Waals surface area contributed by atoms with E-state index in [0.29, 0.717) is 32.9 Å². The molecule has 3 aromatic heterocycles. The van der Waals surface area contributed by atoms with Gasteiger partial charge in [-0.05, 0) is 37.6 Å². The minimum atomic E-state index is -4.59. The third-order valence-corrected chi connectivity index (χ3v) is 5.67. The number of hydrogen-bond acceptors (Lipinski definition) is 5. The molecule has 4 rings (SSSR count). The van der Waals surface area contributed by atoms with Crippen molar-refractivity contribution < 1.29 is 18.0 Å². The van der Waals surface area contributed by atoms with Crippen LogP contribution in [-0.4, -0.2) is 25.4 Å². The number of aromatic nitrogens is 4. The monoisotopic (exact) mass is 421 g/mol. The van der Waals surface area contributed by atoms with Crippen molar-refractivity contribution in [2.45, 2.75) is 26.6 Å². The van der Waals surface area contributed by atoms with Gasteiger partial charge in [0.2, 0.25) is 5.82 Å². The Balaban J connectivity index is 1.68. The molecule has 11 heteroatoms. The lowest BCUT2D eigenvalue weighted by Crippen LogP contribution is -2.19. The molecule has 150 valence electrons. The first-order valence-corrected chi connectivity index (χ1v) is 9.37. The van der Waals surface area contributed by atoms with Crippen LogP contribution in [0.5, 0.6) is 0 Å². The van der Waals surface area contributed by atoms with Crippen LogP contribution < -0.4 is 10.9 Å².